The molecule has 0 saturated carbocycles. The lowest BCUT2D eigenvalue weighted by Gasteiger charge is -1.90. The molecule has 0 aromatic carbocycles. The molecule has 1 atom stereocenters. The Morgan fingerprint density at radius 3 is 2.20 bits per heavy atom. The number of hydrogen-bond donors (Lipinski definition) is 2. The molecule has 0 rings (SSSR count). The fraction of sp³-hybridized carbons (Fsp3) is 0.667. The van der Waals surface area contributed by atoms with Gasteiger partial charge in [0.05, 0.1) is 0 Å². The van der Waals surface area contributed by atoms with Crippen LogP contribution in [0, 0.1) is 6.92 Å². The van der Waals surface area contributed by atoms with E-state index < -0.39 is 0 Å². The molecule has 0 spiro atoms. The maximum atomic E-state index is 5.10. The van der Waals surface area contributed by atoms with Gasteiger partial charge in [0.1, 0.15) is 0 Å². The highest BCUT2D eigenvalue weighted by Crippen LogP contribution is 1.74. The Bertz CT molecular complexity index is 20.9. The lowest BCUT2D eigenvalue weighted by atomic mass is 10.4. The summed E-state index contributed by atoms with van der Waals surface area (Å²) in [6, 6.07) is -0.00154. The minimum Gasteiger partial charge on any atom is -0.327 e. The van der Waals surface area contributed by atoms with Crippen molar-refractivity contribution in [2.24, 2.45) is 5.73 Å². The van der Waals surface area contributed by atoms with Gasteiger partial charge < -0.3 is 5.73 Å². The summed E-state index contributed by atoms with van der Waals surface area (Å²) in [4.78, 5) is 0. The lowest BCUT2D eigenvalue weighted by molar-refractivity contribution is 0.940. The number of rotatable bonds is 1. The van der Waals surface area contributed by atoms with E-state index in [2.05, 4.69) is 19.6 Å². The van der Waals surface area contributed by atoms with E-state index >= 15 is 0 Å². The van der Waals surface area contributed by atoms with E-state index in [1.807, 2.05) is 0 Å². The van der Waals surface area contributed by atoms with Gasteiger partial charge in [-0.2, -0.15) is 12.6 Å². The molecular formula is C3H8NS. The summed E-state index contributed by atoms with van der Waals surface area (Å²) in [7, 11) is 0. The molecule has 0 unspecified atom stereocenters. The summed E-state index contributed by atoms with van der Waals surface area (Å²) < 4.78 is 0. The lowest BCUT2D eigenvalue weighted by Crippen LogP contribution is -2.16. The smallest absolute Gasteiger partial charge is 0.0128 e. The minimum atomic E-state index is -0.00154. The topological polar surface area (TPSA) is 26.0 Å². The Morgan fingerprint density at radius 2 is 2.20 bits per heavy atom. The summed E-state index contributed by atoms with van der Waals surface area (Å²) in [5.74, 6) is 0.667. The Morgan fingerprint density at radius 1 is 2.00 bits per heavy atom. The van der Waals surface area contributed by atoms with E-state index in [9.17, 15) is 0 Å². The molecule has 0 amide bonds. The fourth-order valence-corrected chi connectivity index (χ4v) is 0. The van der Waals surface area contributed by atoms with Crippen LogP contribution in [0.15, 0.2) is 0 Å². The zero-order valence-electron chi connectivity index (χ0n) is 3.02. The van der Waals surface area contributed by atoms with Crippen LogP contribution < -0.4 is 5.73 Å². The summed E-state index contributed by atoms with van der Waals surface area (Å²) in [5, 5.41) is 0. The number of hydrogen-bond acceptors (Lipinski definition) is 2. The van der Waals surface area contributed by atoms with E-state index in [1.165, 1.54) is 0 Å². The highest BCUT2D eigenvalue weighted by atomic mass is 32.1. The van der Waals surface area contributed by atoms with Gasteiger partial charge in [-0.25, -0.2) is 0 Å². The summed E-state index contributed by atoms with van der Waals surface area (Å²) >= 11 is 3.83. The molecule has 31 valence electrons. The average molecular weight is 90.2 g/mol. The van der Waals surface area contributed by atoms with Crippen LogP contribution in [0.3, 0.4) is 0 Å². The molecule has 0 aliphatic rings. The van der Waals surface area contributed by atoms with E-state index in [-0.39, 0.29) is 6.04 Å². The van der Waals surface area contributed by atoms with Crippen molar-refractivity contribution in [3.8, 4) is 0 Å². The largest absolute Gasteiger partial charge is 0.327 e. The SMILES string of the molecule is [CH2][C@@H](N)CS. The van der Waals surface area contributed by atoms with Gasteiger partial charge in [0, 0.05) is 11.8 Å². The molecule has 1 nitrogen and oxygen atoms in total. The van der Waals surface area contributed by atoms with Crippen LogP contribution in [0.2, 0.25) is 0 Å². The van der Waals surface area contributed by atoms with Crippen LogP contribution in [0.4, 0.5) is 0 Å². The van der Waals surface area contributed by atoms with Crippen LogP contribution in [0.25, 0.3) is 0 Å². The minimum absolute atomic E-state index is 0.00154. The van der Waals surface area contributed by atoms with Crippen LogP contribution >= 0.6 is 12.6 Å². The molecule has 1 radical (unpaired) electrons. The summed E-state index contributed by atoms with van der Waals surface area (Å²) in [6.07, 6.45) is 0. The predicted molar refractivity (Wildman–Crippen MR) is 27.2 cm³/mol. The van der Waals surface area contributed by atoms with Gasteiger partial charge in [0.15, 0.2) is 0 Å². The van der Waals surface area contributed by atoms with Crippen molar-refractivity contribution in [3.63, 3.8) is 0 Å². The summed E-state index contributed by atoms with van der Waals surface area (Å²) in [5.41, 5.74) is 5.10. The second-order valence-corrected chi connectivity index (χ2v) is 1.31. The first-order valence-corrected chi connectivity index (χ1v) is 2.10. The molecule has 0 fully saturated rings. The Kier molecular flexibility index (Phi) is 2.70. The van der Waals surface area contributed by atoms with Gasteiger partial charge >= 0.3 is 0 Å². The second kappa shape index (κ2) is 2.54. The Labute approximate surface area is 38.0 Å². The highest BCUT2D eigenvalue weighted by Gasteiger charge is 1.80. The van der Waals surface area contributed by atoms with Crippen molar-refractivity contribution >= 4 is 12.6 Å². The molecule has 2 N–H and O–H groups in total. The van der Waals surface area contributed by atoms with Crippen molar-refractivity contribution in [1.29, 1.82) is 0 Å². The first kappa shape index (κ1) is 5.31. The second-order valence-electron chi connectivity index (χ2n) is 0.943. The Hall–Kier alpha value is 0.310. The molecule has 2 heteroatoms. The van der Waals surface area contributed by atoms with E-state index in [4.69, 9.17) is 5.73 Å². The van der Waals surface area contributed by atoms with Crippen LogP contribution in [-0.4, -0.2) is 11.8 Å². The maximum absolute atomic E-state index is 5.10. The van der Waals surface area contributed by atoms with Gasteiger partial charge in [0.2, 0.25) is 0 Å². The molecule has 0 saturated heterocycles. The van der Waals surface area contributed by atoms with Gasteiger partial charge in [0.25, 0.3) is 0 Å². The zero-order valence-corrected chi connectivity index (χ0v) is 3.91. The molecule has 0 aliphatic carbocycles. The van der Waals surface area contributed by atoms with Gasteiger partial charge in [-0.15, -0.1) is 0 Å². The van der Waals surface area contributed by atoms with Crippen molar-refractivity contribution in [2.75, 3.05) is 5.75 Å². The molecular weight excluding hydrogens is 82.1 g/mol. The van der Waals surface area contributed by atoms with Gasteiger partial charge in [-0.05, 0) is 6.92 Å². The van der Waals surface area contributed by atoms with E-state index in [0.717, 1.165) is 0 Å². The van der Waals surface area contributed by atoms with Crippen LogP contribution in [0.5, 0.6) is 0 Å². The van der Waals surface area contributed by atoms with Crippen molar-refractivity contribution < 1.29 is 0 Å². The molecule has 0 aromatic heterocycles. The first-order chi connectivity index (χ1) is 2.27. The van der Waals surface area contributed by atoms with E-state index in [0.29, 0.717) is 5.75 Å². The van der Waals surface area contributed by atoms with Crippen molar-refractivity contribution in [3.05, 3.63) is 6.92 Å². The third-order valence-electron chi connectivity index (χ3n) is 0.235. The maximum Gasteiger partial charge on any atom is 0.0128 e. The predicted octanol–water partition coefficient (Wildman–Crippen LogP) is 0.0776. The molecule has 0 bridgehead atoms. The Balaban J connectivity index is 2.54. The number of nitrogens with two attached hydrogens (primary N) is 1. The standard InChI is InChI=1S/C3H8NS/c1-3(4)2-5/h3,5H,1-2,4H2/t3-/m1/s1. The average Bonchev–Trinajstić information content (AvgIpc) is 1.38. The third-order valence-corrected chi connectivity index (χ3v) is 0.704. The van der Waals surface area contributed by atoms with Crippen LogP contribution in [0.1, 0.15) is 0 Å². The quantitative estimate of drug-likeness (QED) is 0.438. The third kappa shape index (κ3) is 4.31. The monoisotopic (exact) mass is 90.0 g/mol. The van der Waals surface area contributed by atoms with Gasteiger partial charge in [-0.1, -0.05) is 0 Å². The van der Waals surface area contributed by atoms with E-state index in [1.54, 1.807) is 0 Å². The van der Waals surface area contributed by atoms with Crippen LogP contribution in [-0.2, 0) is 0 Å². The normalized spacial score (nSPS) is 15.0. The first-order valence-electron chi connectivity index (χ1n) is 1.47. The molecule has 0 aliphatic heterocycles. The van der Waals surface area contributed by atoms with Gasteiger partial charge in [-0.3, -0.25) is 0 Å². The van der Waals surface area contributed by atoms with Crippen molar-refractivity contribution in [1.82, 2.24) is 0 Å². The number of thiol groups is 1. The molecule has 5 heavy (non-hydrogen) atoms. The summed E-state index contributed by atoms with van der Waals surface area (Å²) in [6.45, 7) is 3.46. The zero-order chi connectivity index (χ0) is 4.28. The molecule has 0 heterocycles. The fourth-order valence-electron chi connectivity index (χ4n) is 0. The molecule has 0 aromatic rings. The van der Waals surface area contributed by atoms with Crippen molar-refractivity contribution in [2.45, 2.75) is 6.04 Å². The highest BCUT2D eigenvalue weighted by molar-refractivity contribution is 7.80.